The van der Waals surface area contributed by atoms with Gasteiger partial charge in [-0.3, -0.25) is 19.5 Å². The van der Waals surface area contributed by atoms with Crippen LogP contribution in [0.25, 0.3) is 10.8 Å². The second-order valence-corrected chi connectivity index (χ2v) is 10.3. The largest absolute Gasteiger partial charge is 0.481 e. The summed E-state index contributed by atoms with van der Waals surface area (Å²) in [6.07, 6.45) is -0.0586. The second-order valence-electron chi connectivity index (χ2n) is 8.10. The predicted octanol–water partition coefficient (Wildman–Crippen LogP) is 2.98. The normalized spacial score (nSPS) is 21.2. The van der Waals surface area contributed by atoms with Crippen molar-refractivity contribution in [3.8, 4) is 0 Å². The highest BCUT2D eigenvalue weighted by Gasteiger charge is 2.23. The van der Waals surface area contributed by atoms with Crippen molar-refractivity contribution in [2.75, 3.05) is 37.7 Å². The average Bonchev–Trinajstić information content (AvgIpc) is 3.23. The molecule has 1 fully saturated rings. The van der Waals surface area contributed by atoms with Crippen LogP contribution in [0.1, 0.15) is 12.0 Å². The van der Waals surface area contributed by atoms with Crippen molar-refractivity contribution in [2.24, 2.45) is 4.99 Å². The Bertz CT molecular complexity index is 1050. The SMILES string of the molecule is O=C(O)CC1CSC(SCC(=O)NC[C@H]2CN(Cc3ccc4cc(F)ccc4c3)CCO2)=N1. The third-order valence-corrected chi connectivity index (χ3v) is 7.82. The number of ether oxygens (including phenoxy) is 1. The van der Waals surface area contributed by atoms with Crippen LogP contribution >= 0.6 is 23.5 Å². The molecule has 2 aliphatic heterocycles. The Morgan fingerprint density at radius 2 is 2.09 bits per heavy atom. The van der Waals surface area contributed by atoms with Gasteiger partial charge in [0.1, 0.15) is 10.2 Å². The first kappa shape index (κ1) is 24.0. The topological polar surface area (TPSA) is 91.2 Å². The monoisotopic (exact) mass is 491 g/mol. The molecule has 0 bridgehead atoms. The molecule has 7 nitrogen and oxygen atoms in total. The summed E-state index contributed by atoms with van der Waals surface area (Å²) < 4.78 is 20.0. The van der Waals surface area contributed by atoms with E-state index in [2.05, 4.69) is 21.3 Å². The van der Waals surface area contributed by atoms with Crippen molar-refractivity contribution in [2.45, 2.75) is 25.1 Å². The molecule has 2 aliphatic rings. The molecule has 1 amide bonds. The molecular weight excluding hydrogens is 465 g/mol. The first-order valence-electron chi connectivity index (χ1n) is 10.8. The number of thioether (sulfide) groups is 2. The fraction of sp³-hybridized carbons (Fsp3) is 0.435. The van der Waals surface area contributed by atoms with E-state index in [1.54, 1.807) is 6.07 Å². The zero-order chi connectivity index (χ0) is 23.2. The number of aliphatic carboxylic acids is 1. The van der Waals surface area contributed by atoms with E-state index >= 15 is 0 Å². The number of benzene rings is 2. The maximum atomic E-state index is 13.4. The van der Waals surface area contributed by atoms with E-state index in [0.717, 1.165) is 33.8 Å². The lowest BCUT2D eigenvalue weighted by Crippen LogP contribution is -2.47. The van der Waals surface area contributed by atoms with Gasteiger partial charge in [-0.1, -0.05) is 41.7 Å². The Labute approximate surface area is 200 Å². The minimum absolute atomic E-state index is 0.0243. The smallest absolute Gasteiger partial charge is 0.305 e. The van der Waals surface area contributed by atoms with Crippen LogP contribution < -0.4 is 5.32 Å². The molecular formula is C23H26FN3O4S2. The number of carboxylic acid groups (broad SMARTS) is 1. The van der Waals surface area contributed by atoms with Gasteiger partial charge >= 0.3 is 5.97 Å². The zero-order valence-corrected chi connectivity index (χ0v) is 19.7. The third kappa shape index (κ3) is 7.17. The van der Waals surface area contributed by atoms with E-state index in [-0.39, 0.29) is 36.0 Å². The second kappa shape index (κ2) is 11.3. The van der Waals surface area contributed by atoms with Crippen molar-refractivity contribution in [1.29, 1.82) is 0 Å². The van der Waals surface area contributed by atoms with Crippen LogP contribution in [0.2, 0.25) is 0 Å². The predicted molar refractivity (Wildman–Crippen MR) is 130 cm³/mol. The maximum Gasteiger partial charge on any atom is 0.305 e. The number of aliphatic imine (C=N–C) groups is 1. The molecule has 2 aromatic rings. The maximum absolute atomic E-state index is 13.4. The highest BCUT2D eigenvalue weighted by Crippen LogP contribution is 2.27. The number of fused-ring (bicyclic) bond motifs is 1. The van der Waals surface area contributed by atoms with Crippen LogP contribution in [-0.4, -0.2) is 76.2 Å². The first-order chi connectivity index (χ1) is 15.9. The molecule has 0 aliphatic carbocycles. The molecule has 0 saturated carbocycles. The van der Waals surface area contributed by atoms with Gasteiger partial charge in [0.2, 0.25) is 5.91 Å². The lowest BCUT2D eigenvalue weighted by atomic mass is 10.1. The number of hydrogen-bond acceptors (Lipinski definition) is 7. The molecule has 2 atom stereocenters. The van der Waals surface area contributed by atoms with Gasteiger partial charge in [0, 0.05) is 31.9 Å². The van der Waals surface area contributed by atoms with E-state index in [9.17, 15) is 14.0 Å². The van der Waals surface area contributed by atoms with Crippen molar-refractivity contribution >= 4 is 50.5 Å². The number of carboxylic acids is 1. The van der Waals surface area contributed by atoms with Gasteiger partial charge in [0.05, 0.1) is 30.9 Å². The van der Waals surface area contributed by atoms with Crippen LogP contribution in [0, 0.1) is 5.82 Å². The van der Waals surface area contributed by atoms with E-state index in [1.165, 1.54) is 35.7 Å². The highest BCUT2D eigenvalue weighted by molar-refractivity contribution is 8.39. The number of nitrogens with one attached hydrogen (secondary N) is 1. The lowest BCUT2D eigenvalue weighted by molar-refractivity contribution is -0.137. The van der Waals surface area contributed by atoms with Crippen molar-refractivity contribution in [3.63, 3.8) is 0 Å². The molecule has 2 N–H and O–H groups in total. The number of carbonyl (C=O) groups excluding carboxylic acids is 1. The number of rotatable bonds is 8. The number of morpholine rings is 1. The molecule has 0 aromatic heterocycles. The standard InChI is InChI=1S/C23H26FN3O4S2/c24-18-4-3-16-7-15(1-2-17(16)8-18)11-27-5-6-31-20(12-27)10-25-21(28)14-33-23-26-19(13-32-23)9-22(29)30/h1-4,7-8,19-20H,5-6,9-14H2,(H,25,28)(H,29,30)/t19?,20-/m0/s1. The number of halogens is 1. The Kier molecular flexibility index (Phi) is 8.24. The average molecular weight is 492 g/mol. The van der Waals surface area contributed by atoms with E-state index in [4.69, 9.17) is 9.84 Å². The molecule has 10 heteroatoms. The summed E-state index contributed by atoms with van der Waals surface area (Å²) in [4.78, 5) is 29.7. The number of nitrogens with zero attached hydrogens (tertiary/aromatic N) is 2. The van der Waals surface area contributed by atoms with Crippen LogP contribution in [0.5, 0.6) is 0 Å². The minimum atomic E-state index is -0.856. The molecule has 1 unspecified atom stereocenters. The van der Waals surface area contributed by atoms with Gasteiger partial charge in [-0.15, -0.1) is 0 Å². The Morgan fingerprint density at radius 3 is 2.94 bits per heavy atom. The van der Waals surface area contributed by atoms with E-state index < -0.39 is 5.97 Å². The summed E-state index contributed by atoms with van der Waals surface area (Å²) in [6.45, 7) is 3.34. The van der Waals surface area contributed by atoms with E-state index in [0.29, 0.717) is 25.4 Å². The fourth-order valence-electron chi connectivity index (χ4n) is 3.85. The summed E-state index contributed by atoms with van der Waals surface area (Å²) >= 11 is 2.85. The lowest BCUT2D eigenvalue weighted by Gasteiger charge is -2.33. The number of hydrogen-bond donors (Lipinski definition) is 2. The fourth-order valence-corrected chi connectivity index (χ4v) is 5.90. The molecule has 0 radical (unpaired) electrons. The summed E-state index contributed by atoms with van der Waals surface area (Å²) in [5, 5.41) is 13.7. The summed E-state index contributed by atoms with van der Waals surface area (Å²) in [5.74, 6) is -0.280. The molecule has 1 saturated heterocycles. The Balaban J connectivity index is 1.20. The number of carbonyl (C=O) groups is 2. The molecule has 0 spiro atoms. The van der Waals surface area contributed by atoms with Gasteiger partial charge in [0.15, 0.2) is 0 Å². The minimum Gasteiger partial charge on any atom is -0.481 e. The summed E-state index contributed by atoms with van der Waals surface area (Å²) in [5.41, 5.74) is 1.16. The number of amides is 1. The quantitative estimate of drug-likeness (QED) is 0.587. The van der Waals surface area contributed by atoms with Gasteiger partial charge in [-0.05, 0) is 34.5 Å². The van der Waals surface area contributed by atoms with Gasteiger partial charge in [0.25, 0.3) is 0 Å². The zero-order valence-electron chi connectivity index (χ0n) is 18.0. The molecule has 2 heterocycles. The summed E-state index contributed by atoms with van der Waals surface area (Å²) in [6, 6.07) is 10.7. The molecule has 33 heavy (non-hydrogen) atoms. The molecule has 176 valence electrons. The van der Waals surface area contributed by atoms with Gasteiger partial charge in [-0.25, -0.2) is 4.39 Å². The van der Waals surface area contributed by atoms with Crippen LogP contribution in [-0.2, 0) is 20.9 Å². The first-order valence-corrected chi connectivity index (χ1v) is 12.8. The van der Waals surface area contributed by atoms with E-state index in [1.807, 2.05) is 12.1 Å². The highest BCUT2D eigenvalue weighted by atomic mass is 32.2. The van der Waals surface area contributed by atoms with Gasteiger partial charge < -0.3 is 15.2 Å². The van der Waals surface area contributed by atoms with Crippen molar-refractivity contribution < 1.29 is 23.8 Å². The molecule has 2 aromatic carbocycles. The third-order valence-electron chi connectivity index (χ3n) is 5.45. The Hall–Kier alpha value is -2.14. The Morgan fingerprint density at radius 1 is 1.27 bits per heavy atom. The van der Waals surface area contributed by atoms with Crippen LogP contribution in [0.3, 0.4) is 0 Å². The van der Waals surface area contributed by atoms with Crippen LogP contribution in [0.15, 0.2) is 41.4 Å². The summed E-state index contributed by atoms with van der Waals surface area (Å²) in [7, 11) is 0. The van der Waals surface area contributed by atoms with Gasteiger partial charge in [-0.2, -0.15) is 0 Å². The molecule has 4 rings (SSSR count). The van der Waals surface area contributed by atoms with Crippen molar-refractivity contribution in [3.05, 3.63) is 47.8 Å². The van der Waals surface area contributed by atoms with Crippen LogP contribution in [0.4, 0.5) is 4.39 Å². The van der Waals surface area contributed by atoms with Crippen molar-refractivity contribution in [1.82, 2.24) is 10.2 Å².